The monoisotopic (exact) mass is 300 g/mol. The van der Waals surface area contributed by atoms with Gasteiger partial charge in [-0.15, -0.1) is 0 Å². The number of sulfonamides is 1. The van der Waals surface area contributed by atoms with E-state index in [0.717, 1.165) is 43.9 Å². The number of aryl methyl sites for hydroxylation is 2. The molecule has 1 saturated heterocycles. The van der Waals surface area contributed by atoms with Gasteiger partial charge in [-0.1, -0.05) is 0 Å². The van der Waals surface area contributed by atoms with E-state index in [9.17, 15) is 8.42 Å². The molecule has 1 fully saturated rings. The lowest BCUT2D eigenvalue weighted by atomic mass is 10.1. The van der Waals surface area contributed by atoms with Gasteiger partial charge in [0, 0.05) is 38.4 Å². The fraction of sp³-hybridized carbons (Fsp3) is 0.769. The van der Waals surface area contributed by atoms with Crippen molar-refractivity contribution < 1.29 is 8.42 Å². The third kappa shape index (κ3) is 4.04. The summed E-state index contributed by atoms with van der Waals surface area (Å²) in [5.41, 5.74) is 2.24. The molecule has 0 aliphatic carbocycles. The predicted molar refractivity (Wildman–Crippen MR) is 78.8 cm³/mol. The number of likely N-dealkylation sites (tertiary alicyclic amines) is 1. The van der Waals surface area contributed by atoms with E-state index in [1.165, 1.54) is 0 Å². The molecule has 7 heteroatoms. The first kappa shape index (κ1) is 15.5. The molecule has 1 aromatic rings. The summed E-state index contributed by atoms with van der Waals surface area (Å²) in [6, 6.07) is 2.19. The maximum absolute atomic E-state index is 11.5. The fourth-order valence-electron chi connectivity index (χ4n) is 2.49. The smallest absolute Gasteiger partial charge is 0.211 e. The SMILES string of the molecule is CCS(=O)(=O)NC1CCN(Cc2cc(C)n(C)n2)CC1. The second-order valence-electron chi connectivity index (χ2n) is 5.47. The standard InChI is InChI=1S/C13H24N4O2S/c1-4-20(18,19)15-12-5-7-17(8-6-12)10-13-9-11(2)16(3)14-13/h9,12,15H,4-8,10H2,1-3H3. The Morgan fingerprint density at radius 2 is 2.05 bits per heavy atom. The van der Waals surface area contributed by atoms with Crippen LogP contribution in [0.25, 0.3) is 0 Å². The van der Waals surface area contributed by atoms with Crippen molar-refractivity contribution in [1.82, 2.24) is 19.4 Å². The van der Waals surface area contributed by atoms with Gasteiger partial charge < -0.3 is 0 Å². The zero-order valence-electron chi connectivity index (χ0n) is 12.5. The van der Waals surface area contributed by atoms with Crippen molar-refractivity contribution in [2.75, 3.05) is 18.8 Å². The molecule has 0 atom stereocenters. The highest BCUT2D eigenvalue weighted by molar-refractivity contribution is 7.89. The molecule has 1 aliphatic heterocycles. The molecule has 0 spiro atoms. The third-order valence-electron chi connectivity index (χ3n) is 3.86. The first-order valence-corrected chi connectivity index (χ1v) is 8.76. The van der Waals surface area contributed by atoms with Crippen LogP contribution in [0.4, 0.5) is 0 Å². The topological polar surface area (TPSA) is 67.2 Å². The molecule has 0 radical (unpaired) electrons. The van der Waals surface area contributed by atoms with E-state index in [0.29, 0.717) is 0 Å². The van der Waals surface area contributed by atoms with E-state index >= 15 is 0 Å². The van der Waals surface area contributed by atoms with Gasteiger partial charge in [-0.25, -0.2) is 13.1 Å². The maximum atomic E-state index is 11.5. The molecule has 1 N–H and O–H groups in total. The zero-order chi connectivity index (χ0) is 14.8. The quantitative estimate of drug-likeness (QED) is 0.866. The third-order valence-corrected chi connectivity index (χ3v) is 5.32. The molecule has 2 rings (SSSR count). The molecule has 0 bridgehead atoms. The molecular weight excluding hydrogens is 276 g/mol. The van der Waals surface area contributed by atoms with Crippen LogP contribution in [-0.4, -0.2) is 48.0 Å². The molecule has 20 heavy (non-hydrogen) atoms. The largest absolute Gasteiger partial charge is 0.297 e. The molecule has 0 unspecified atom stereocenters. The van der Waals surface area contributed by atoms with Crippen LogP contribution in [0, 0.1) is 6.92 Å². The van der Waals surface area contributed by atoms with Crippen LogP contribution in [0.15, 0.2) is 6.07 Å². The summed E-state index contributed by atoms with van der Waals surface area (Å²) in [5, 5.41) is 4.46. The minimum Gasteiger partial charge on any atom is -0.297 e. The molecule has 0 aromatic carbocycles. The maximum Gasteiger partial charge on any atom is 0.211 e. The summed E-state index contributed by atoms with van der Waals surface area (Å²) >= 11 is 0. The Kier molecular flexibility index (Phi) is 4.82. The summed E-state index contributed by atoms with van der Waals surface area (Å²) < 4.78 is 27.7. The Morgan fingerprint density at radius 3 is 2.55 bits per heavy atom. The van der Waals surface area contributed by atoms with E-state index < -0.39 is 10.0 Å². The first-order valence-electron chi connectivity index (χ1n) is 7.11. The van der Waals surface area contributed by atoms with Crippen molar-refractivity contribution in [3.63, 3.8) is 0 Å². The molecule has 0 saturated carbocycles. The van der Waals surface area contributed by atoms with Crippen molar-refractivity contribution in [2.45, 2.75) is 39.3 Å². The Labute approximate surface area is 121 Å². The fourth-order valence-corrected chi connectivity index (χ4v) is 3.40. The molecular formula is C13H24N4O2S. The summed E-state index contributed by atoms with van der Waals surface area (Å²) in [6.45, 7) is 6.37. The average Bonchev–Trinajstić information content (AvgIpc) is 2.70. The van der Waals surface area contributed by atoms with Crippen molar-refractivity contribution in [3.8, 4) is 0 Å². The van der Waals surface area contributed by atoms with Crippen molar-refractivity contribution >= 4 is 10.0 Å². The Balaban J connectivity index is 1.82. The second kappa shape index (κ2) is 6.24. The van der Waals surface area contributed by atoms with Crippen LogP contribution in [0.3, 0.4) is 0 Å². The Bertz CT molecular complexity index is 525. The highest BCUT2D eigenvalue weighted by atomic mass is 32.2. The van der Waals surface area contributed by atoms with Crippen LogP contribution in [0.1, 0.15) is 31.2 Å². The molecule has 0 amide bonds. The minimum atomic E-state index is -3.08. The summed E-state index contributed by atoms with van der Waals surface area (Å²) in [5.74, 6) is 0.153. The second-order valence-corrected chi connectivity index (χ2v) is 7.51. The van der Waals surface area contributed by atoms with Gasteiger partial charge in [0.15, 0.2) is 0 Å². The van der Waals surface area contributed by atoms with Gasteiger partial charge in [-0.05, 0) is 32.8 Å². The average molecular weight is 300 g/mol. The molecule has 1 aromatic heterocycles. The molecule has 6 nitrogen and oxygen atoms in total. The normalized spacial score (nSPS) is 18.6. The highest BCUT2D eigenvalue weighted by Gasteiger charge is 2.23. The summed E-state index contributed by atoms with van der Waals surface area (Å²) in [4.78, 5) is 2.33. The van der Waals surface area contributed by atoms with Crippen LogP contribution in [0.2, 0.25) is 0 Å². The molecule has 1 aliphatic rings. The summed E-state index contributed by atoms with van der Waals surface area (Å²) in [7, 11) is -1.13. The van der Waals surface area contributed by atoms with Crippen molar-refractivity contribution in [3.05, 3.63) is 17.5 Å². The number of nitrogens with zero attached hydrogens (tertiary/aromatic N) is 3. The van der Waals surface area contributed by atoms with Gasteiger partial charge in [0.1, 0.15) is 0 Å². The van der Waals surface area contributed by atoms with Crippen LogP contribution in [-0.2, 0) is 23.6 Å². The summed E-state index contributed by atoms with van der Waals surface area (Å²) in [6.07, 6.45) is 1.73. The first-order chi connectivity index (χ1) is 9.39. The minimum absolute atomic E-state index is 0.0849. The molecule has 114 valence electrons. The lowest BCUT2D eigenvalue weighted by molar-refractivity contribution is 0.197. The number of hydrogen-bond donors (Lipinski definition) is 1. The number of nitrogens with one attached hydrogen (secondary N) is 1. The lowest BCUT2D eigenvalue weighted by Gasteiger charge is -2.31. The predicted octanol–water partition coefficient (Wildman–Crippen LogP) is 0.632. The lowest BCUT2D eigenvalue weighted by Crippen LogP contribution is -2.44. The number of aromatic nitrogens is 2. The molecule has 2 heterocycles. The van der Waals surface area contributed by atoms with E-state index in [2.05, 4.69) is 20.8 Å². The number of piperidine rings is 1. The van der Waals surface area contributed by atoms with Gasteiger partial charge in [0.25, 0.3) is 0 Å². The van der Waals surface area contributed by atoms with Crippen LogP contribution < -0.4 is 4.72 Å². The Hall–Kier alpha value is -0.920. The van der Waals surface area contributed by atoms with Gasteiger partial charge in [0.05, 0.1) is 11.4 Å². The van der Waals surface area contributed by atoms with E-state index in [-0.39, 0.29) is 11.8 Å². The van der Waals surface area contributed by atoms with Gasteiger partial charge >= 0.3 is 0 Å². The van der Waals surface area contributed by atoms with E-state index in [4.69, 9.17) is 0 Å². The van der Waals surface area contributed by atoms with Crippen LogP contribution in [0.5, 0.6) is 0 Å². The Morgan fingerprint density at radius 1 is 1.40 bits per heavy atom. The van der Waals surface area contributed by atoms with E-state index in [1.54, 1.807) is 6.92 Å². The zero-order valence-corrected chi connectivity index (χ0v) is 13.3. The van der Waals surface area contributed by atoms with E-state index in [1.807, 2.05) is 18.7 Å². The number of rotatable bonds is 5. The van der Waals surface area contributed by atoms with Crippen LogP contribution >= 0.6 is 0 Å². The number of hydrogen-bond acceptors (Lipinski definition) is 4. The van der Waals surface area contributed by atoms with Crippen molar-refractivity contribution in [2.24, 2.45) is 7.05 Å². The van der Waals surface area contributed by atoms with Gasteiger partial charge in [0.2, 0.25) is 10.0 Å². The highest BCUT2D eigenvalue weighted by Crippen LogP contribution is 2.14. The van der Waals surface area contributed by atoms with Crippen molar-refractivity contribution in [1.29, 1.82) is 0 Å². The van der Waals surface area contributed by atoms with Gasteiger partial charge in [-0.3, -0.25) is 9.58 Å². The van der Waals surface area contributed by atoms with Gasteiger partial charge in [-0.2, -0.15) is 5.10 Å².